The number of nitrogens with zero attached hydrogens (tertiary/aromatic N) is 1. The number of rotatable bonds is 4. The lowest BCUT2D eigenvalue weighted by Crippen LogP contribution is -2.22. The van der Waals surface area contributed by atoms with Crippen LogP contribution in [0.25, 0.3) is 0 Å². The molecular formula is C13H21N3. The van der Waals surface area contributed by atoms with E-state index in [0.717, 1.165) is 18.7 Å². The number of nitrogen functional groups attached to an aromatic ring is 1. The second kappa shape index (κ2) is 5.21. The summed E-state index contributed by atoms with van der Waals surface area (Å²) in [6.45, 7) is 3.67. The summed E-state index contributed by atoms with van der Waals surface area (Å²) in [5.41, 5.74) is 9.21. The largest absolute Gasteiger partial charge is 0.399 e. The highest BCUT2D eigenvalue weighted by molar-refractivity contribution is 5.57. The van der Waals surface area contributed by atoms with Crippen molar-refractivity contribution in [3.63, 3.8) is 0 Å². The standard InChI is InChI=1S/C13H21N3/c1-15-13-5-4-12(14)10-11(13)6-9-16-7-2-3-8-16/h4-5,10,15H,2-3,6-9,14H2,1H3. The maximum Gasteiger partial charge on any atom is 0.0372 e. The number of benzene rings is 1. The molecule has 0 saturated carbocycles. The van der Waals surface area contributed by atoms with Crippen LogP contribution in [0.3, 0.4) is 0 Å². The maximum absolute atomic E-state index is 5.82. The molecule has 0 radical (unpaired) electrons. The molecular weight excluding hydrogens is 198 g/mol. The van der Waals surface area contributed by atoms with Gasteiger partial charge in [0.05, 0.1) is 0 Å². The number of nitrogens with one attached hydrogen (secondary N) is 1. The number of anilines is 2. The van der Waals surface area contributed by atoms with Crippen molar-refractivity contribution in [3.05, 3.63) is 23.8 Å². The summed E-state index contributed by atoms with van der Waals surface area (Å²) in [5, 5.41) is 3.22. The van der Waals surface area contributed by atoms with Gasteiger partial charge in [-0.25, -0.2) is 0 Å². The molecule has 0 amide bonds. The molecule has 1 aliphatic heterocycles. The van der Waals surface area contributed by atoms with Gasteiger partial charge in [0.15, 0.2) is 0 Å². The average Bonchev–Trinajstić information content (AvgIpc) is 2.79. The van der Waals surface area contributed by atoms with Gasteiger partial charge in [-0.1, -0.05) is 0 Å². The molecule has 3 N–H and O–H groups in total. The normalized spacial score (nSPS) is 16.6. The molecule has 0 atom stereocenters. The monoisotopic (exact) mass is 219 g/mol. The van der Waals surface area contributed by atoms with Crippen molar-refractivity contribution in [1.29, 1.82) is 0 Å². The van der Waals surface area contributed by atoms with Crippen LogP contribution in [0.2, 0.25) is 0 Å². The smallest absolute Gasteiger partial charge is 0.0372 e. The summed E-state index contributed by atoms with van der Waals surface area (Å²) in [7, 11) is 1.96. The Morgan fingerprint density at radius 2 is 2.06 bits per heavy atom. The second-order valence-corrected chi connectivity index (χ2v) is 4.47. The summed E-state index contributed by atoms with van der Waals surface area (Å²) in [6.07, 6.45) is 3.80. The van der Waals surface area contributed by atoms with Crippen LogP contribution < -0.4 is 11.1 Å². The van der Waals surface area contributed by atoms with Crippen LogP contribution in [0, 0.1) is 0 Å². The van der Waals surface area contributed by atoms with Gasteiger partial charge in [-0.15, -0.1) is 0 Å². The third-order valence-corrected chi connectivity index (χ3v) is 3.29. The Morgan fingerprint density at radius 1 is 1.31 bits per heavy atom. The zero-order valence-corrected chi connectivity index (χ0v) is 10.00. The van der Waals surface area contributed by atoms with Crippen molar-refractivity contribution in [2.75, 3.05) is 37.7 Å². The minimum absolute atomic E-state index is 0.857. The third-order valence-electron chi connectivity index (χ3n) is 3.29. The Balaban J connectivity index is 1.98. The van der Waals surface area contributed by atoms with E-state index >= 15 is 0 Å². The van der Waals surface area contributed by atoms with Gasteiger partial charge >= 0.3 is 0 Å². The van der Waals surface area contributed by atoms with Crippen LogP contribution in [-0.2, 0) is 6.42 Å². The summed E-state index contributed by atoms with van der Waals surface area (Å²) in [4.78, 5) is 2.53. The van der Waals surface area contributed by atoms with E-state index in [1.165, 1.54) is 37.2 Å². The molecule has 0 bridgehead atoms. The molecule has 1 saturated heterocycles. The highest BCUT2D eigenvalue weighted by Crippen LogP contribution is 2.20. The van der Waals surface area contributed by atoms with Gasteiger partial charge in [0.2, 0.25) is 0 Å². The van der Waals surface area contributed by atoms with Crippen LogP contribution in [-0.4, -0.2) is 31.6 Å². The van der Waals surface area contributed by atoms with E-state index in [0.29, 0.717) is 0 Å². The quantitative estimate of drug-likeness (QED) is 0.761. The van der Waals surface area contributed by atoms with Crippen LogP contribution in [0.15, 0.2) is 18.2 Å². The van der Waals surface area contributed by atoms with Crippen molar-refractivity contribution in [3.8, 4) is 0 Å². The first-order valence-electron chi connectivity index (χ1n) is 6.08. The average molecular weight is 219 g/mol. The Kier molecular flexibility index (Phi) is 3.67. The van der Waals surface area contributed by atoms with E-state index in [1.54, 1.807) is 0 Å². The topological polar surface area (TPSA) is 41.3 Å². The lowest BCUT2D eigenvalue weighted by Gasteiger charge is -2.16. The van der Waals surface area contributed by atoms with Crippen molar-refractivity contribution < 1.29 is 0 Å². The van der Waals surface area contributed by atoms with Crippen molar-refractivity contribution >= 4 is 11.4 Å². The number of hydrogen-bond acceptors (Lipinski definition) is 3. The van der Waals surface area contributed by atoms with E-state index in [2.05, 4.69) is 22.3 Å². The van der Waals surface area contributed by atoms with Gasteiger partial charge in [0.1, 0.15) is 0 Å². The van der Waals surface area contributed by atoms with Gasteiger partial charge in [0, 0.05) is 25.0 Å². The lowest BCUT2D eigenvalue weighted by molar-refractivity contribution is 0.343. The first-order valence-corrected chi connectivity index (χ1v) is 6.08. The molecule has 1 aromatic carbocycles. The molecule has 1 heterocycles. The van der Waals surface area contributed by atoms with Crippen LogP contribution >= 0.6 is 0 Å². The first kappa shape index (κ1) is 11.3. The molecule has 0 spiro atoms. The van der Waals surface area contributed by atoms with Gasteiger partial charge < -0.3 is 16.0 Å². The van der Waals surface area contributed by atoms with Crippen LogP contribution in [0.5, 0.6) is 0 Å². The summed E-state index contributed by atoms with van der Waals surface area (Å²) in [6, 6.07) is 6.10. The number of nitrogens with two attached hydrogens (primary N) is 1. The number of hydrogen-bond donors (Lipinski definition) is 2. The van der Waals surface area contributed by atoms with E-state index in [1.807, 2.05) is 13.1 Å². The molecule has 1 fully saturated rings. The predicted octanol–water partition coefficient (Wildman–Crippen LogP) is 1.95. The highest BCUT2D eigenvalue weighted by Gasteiger charge is 2.11. The van der Waals surface area contributed by atoms with E-state index in [4.69, 9.17) is 5.73 Å². The molecule has 1 aliphatic rings. The number of likely N-dealkylation sites (tertiary alicyclic amines) is 1. The van der Waals surface area contributed by atoms with E-state index < -0.39 is 0 Å². The molecule has 2 rings (SSSR count). The SMILES string of the molecule is CNc1ccc(N)cc1CCN1CCCC1. The Morgan fingerprint density at radius 3 is 2.75 bits per heavy atom. The highest BCUT2D eigenvalue weighted by atomic mass is 15.1. The Bertz CT molecular complexity index is 343. The molecule has 3 nitrogen and oxygen atoms in total. The predicted molar refractivity (Wildman–Crippen MR) is 69.8 cm³/mol. The Labute approximate surface area is 97.6 Å². The fourth-order valence-electron chi connectivity index (χ4n) is 2.35. The van der Waals surface area contributed by atoms with Gasteiger partial charge in [-0.2, -0.15) is 0 Å². The molecule has 88 valence electrons. The van der Waals surface area contributed by atoms with E-state index in [9.17, 15) is 0 Å². The van der Waals surface area contributed by atoms with Crippen molar-refractivity contribution in [1.82, 2.24) is 4.90 Å². The minimum Gasteiger partial charge on any atom is -0.399 e. The molecule has 16 heavy (non-hydrogen) atoms. The minimum atomic E-state index is 0.857. The molecule has 0 aromatic heterocycles. The lowest BCUT2D eigenvalue weighted by atomic mass is 10.1. The van der Waals surface area contributed by atoms with Gasteiger partial charge in [-0.05, 0) is 56.1 Å². The van der Waals surface area contributed by atoms with Crippen LogP contribution in [0.1, 0.15) is 18.4 Å². The fraction of sp³-hybridized carbons (Fsp3) is 0.538. The molecule has 3 heteroatoms. The zero-order chi connectivity index (χ0) is 11.4. The summed E-state index contributed by atoms with van der Waals surface area (Å²) in [5.74, 6) is 0. The van der Waals surface area contributed by atoms with Gasteiger partial charge in [-0.3, -0.25) is 0 Å². The maximum atomic E-state index is 5.82. The zero-order valence-electron chi connectivity index (χ0n) is 10.00. The fourth-order valence-corrected chi connectivity index (χ4v) is 2.35. The molecule has 1 aromatic rings. The van der Waals surface area contributed by atoms with Crippen LogP contribution in [0.4, 0.5) is 11.4 Å². The molecule has 0 unspecified atom stereocenters. The summed E-state index contributed by atoms with van der Waals surface area (Å²) >= 11 is 0. The van der Waals surface area contributed by atoms with Crippen molar-refractivity contribution in [2.45, 2.75) is 19.3 Å². The molecule has 0 aliphatic carbocycles. The van der Waals surface area contributed by atoms with Gasteiger partial charge in [0.25, 0.3) is 0 Å². The second-order valence-electron chi connectivity index (χ2n) is 4.47. The third kappa shape index (κ3) is 2.67. The Hall–Kier alpha value is -1.22. The van der Waals surface area contributed by atoms with Crippen molar-refractivity contribution in [2.24, 2.45) is 0 Å². The summed E-state index contributed by atoms with van der Waals surface area (Å²) < 4.78 is 0. The van der Waals surface area contributed by atoms with E-state index in [-0.39, 0.29) is 0 Å². The first-order chi connectivity index (χ1) is 7.79.